The molecule has 1 saturated carbocycles. The minimum absolute atomic E-state index is 0.0580. The highest BCUT2D eigenvalue weighted by molar-refractivity contribution is 5.77. The van der Waals surface area contributed by atoms with Crippen LogP contribution in [-0.4, -0.2) is 13.1 Å². The van der Waals surface area contributed by atoms with Gasteiger partial charge in [0.1, 0.15) is 0 Å². The highest BCUT2D eigenvalue weighted by Crippen LogP contribution is 2.45. The summed E-state index contributed by atoms with van der Waals surface area (Å²) in [4.78, 5) is 11.7. The van der Waals surface area contributed by atoms with E-state index in [0.29, 0.717) is 0 Å². The molecule has 1 atom stereocenters. The maximum absolute atomic E-state index is 11.7. The van der Waals surface area contributed by atoms with Crippen LogP contribution in [0.3, 0.4) is 0 Å². The predicted octanol–water partition coefficient (Wildman–Crippen LogP) is 2.54. The van der Waals surface area contributed by atoms with Crippen LogP contribution in [0.2, 0.25) is 0 Å². The van der Waals surface area contributed by atoms with Crippen molar-refractivity contribution in [1.29, 1.82) is 0 Å². The van der Waals surface area contributed by atoms with Gasteiger partial charge in [0.15, 0.2) is 0 Å². The van der Waals surface area contributed by atoms with Crippen molar-refractivity contribution in [3.63, 3.8) is 0 Å². The van der Waals surface area contributed by atoms with Crippen LogP contribution < -0.4 is 0 Å². The highest BCUT2D eigenvalue weighted by Gasteiger charge is 2.45. The summed E-state index contributed by atoms with van der Waals surface area (Å²) >= 11 is 0. The molecule has 1 aliphatic rings. The molecule has 0 aromatic heterocycles. The fourth-order valence-corrected chi connectivity index (χ4v) is 2.28. The maximum Gasteiger partial charge on any atom is 0.312 e. The smallest absolute Gasteiger partial charge is 0.312 e. The van der Waals surface area contributed by atoms with E-state index in [4.69, 9.17) is 4.74 Å². The molecule has 0 spiro atoms. The van der Waals surface area contributed by atoms with Crippen LogP contribution in [0.5, 0.6) is 0 Å². The summed E-state index contributed by atoms with van der Waals surface area (Å²) in [5, 5.41) is 0. The molecule has 0 radical (unpaired) electrons. The second-order valence-corrected chi connectivity index (χ2v) is 3.88. The number of ether oxygens (including phenoxy) is 1. The quantitative estimate of drug-likeness (QED) is 0.495. The minimum Gasteiger partial charge on any atom is -0.469 e. The molecule has 13 heavy (non-hydrogen) atoms. The Morgan fingerprint density at radius 3 is 2.46 bits per heavy atom. The number of rotatable bonds is 3. The van der Waals surface area contributed by atoms with Crippen molar-refractivity contribution in [3.05, 3.63) is 12.7 Å². The zero-order valence-electron chi connectivity index (χ0n) is 8.51. The average molecular weight is 182 g/mol. The van der Waals surface area contributed by atoms with Crippen LogP contribution in [0.15, 0.2) is 12.7 Å². The van der Waals surface area contributed by atoms with Crippen LogP contribution in [0.25, 0.3) is 0 Å². The SMILES string of the molecule is C=CC(C)C1(C(=O)OC)CCCC1. The molecule has 1 unspecified atom stereocenters. The molecule has 2 nitrogen and oxygen atoms in total. The van der Waals surface area contributed by atoms with Crippen molar-refractivity contribution in [1.82, 2.24) is 0 Å². The van der Waals surface area contributed by atoms with Gasteiger partial charge < -0.3 is 4.74 Å². The van der Waals surface area contributed by atoms with Gasteiger partial charge >= 0.3 is 5.97 Å². The minimum atomic E-state index is -0.267. The third kappa shape index (κ3) is 1.62. The van der Waals surface area contributed by atoms with Crippen molar-refractivity contribution in [2.75, 3.05) is 7.11 Å². The molecule has 1 fully saturated rings. The van der Waals surface area contributed by atoms with Gasteiger partial charge in [0, 0.05) is 0 Å². The zero-order chi connectivity index (χ0) is 9.90. The molecule has 74 valence electrons. The van der Waals surface area contributed by atoms with E-state index in [9.17, 15) is 4.79 Å². The Kier molecular flexibility index (Phi) is 3.12. The van der Waals surface area contributed by atoms with E-state index in [1.165, 1.54) is 7.11 Å². The monoisotopic (exact) mass is 182 g/mol. The molecular formula is C11H18O2. The summed E-state index contributed by atoms with van der Waals surface area (Å²) in [6.45, 7) is 5.81. The molecule has 0 aromatic rings. The predicted molar refractivity (Wildman–Crippen MR) is 52.3 cm³/mol. The summed E-state index contributed by atoms with van der Waals surface area (Å²) in [6.07, 6.45) is 6.03. The van der Waals surface area contributed by atoms with E-state index in [0.717, 1.165) is 25.7 Å². The molecule has 2 heteroatoms. The lowest BCUT2D eigenvalue weighted by Crippen LogP contribution is -2.34. The number of carbonyl (C=O) groups excluding carboxylic acids is 1. The van der Waals surface area contributed by atoms with E-state index in [1.807, 2.05) is 6.08 Å². The summed E-state index contributed by atoms with van der Waals surface area (Å²) in [6, 6.07) is 0. The third-order valence-corrected chi connectivity index (χ3v) is 3.31. The Morgan fingerprint density at radius 1 is 1.54 bits per heavy atom. The molecule has 0 N–H and O–H groups in total. The Bertz CT molecular complexity index is 202. The fraction of sp³-hybridized carbons (Fsp3) is 0.727. The number of hydrogen-bond donors (Lipinski definition) is 0. The van der Waals surface area contributed by atoms with Gasteiger partial charge in [0.25, 0.3) is 0 Å². The van der Waals surface area contributed by atoms with E-state index < -0.39 is 0 Å². The van der Waals surface area contributed by atoms with Crippen LogP contribution in [0.1, 0.15) is 32.6 Å². The number of hydrogen-bond acceptors (Lipinski definition) is 2. The number of methoxy groups -OCH3 is 1. The lowest BCUT2D eigenvalue weighted by atomic mass is 9.75. The summed E-state index contributed by atoms with van der Waals surface area (Å²) in [7, 11) is 1.47. The van der Waals surface area contributed by atoms with Gasteiger partial charge in [-0.15, -0.1) is 6.58 Å². The molecule has 1 aliphatic carbocycles. The molecule has 0 aliphatic heterocycles. The molecule has 0 amide bonds. The molecular weight excluding hydrogens is 164 g/mol. The van der Waals surface area contributed by atoms with Crippen molar-refractivity contribution >= 4 is 5.97 Å². The largest absolute Gasteiger partial charge is 0.469 e. The van der Waals surface area contributed by atoms with Gasteiger partial charge in [-0.3, -0.25) is 4.79 Å². The lowest BCUT2D eigenvalue weighted by Gasteiger charge is -2.30. The first-order valence-corrected chi connectivity index (χ1v) is 4.88. The van der Waals surface area contributed by atoms with Crippen molar-refractivity contribution in [2.24, 2.45) is 11.3 Å². The van der Waals surface area contributed by atoms with E-state index in [-0.39, 0.29) is 17.3 Å². The van der Waals surface area contributed by atoms with Gasteiger partial charge in [0.05, 0.1) is 12.5 Å². The van der Waals surface area contributed by atoms with Gasteiger partial charge in [-0.1, -0.05) is 25.8 Å². The second-order valence-electron chi connectivity index (χ2n) is 3.88. The third-order valence-electron chi connectivity index (χ3n) is 3.31. The van der Waals surface area contributed by atoms with E-state index >= 15 is 0 Å². The molecule has 1 rings (SSSR count). The average Bonchev–Trinajstić information content (AvgIpc) is 2.65. The number of esters is 1. The summed E-state index contributed by atoms with van der Waals surface area (Å²) in [5.41, 5.74) is -0.267. The Balaban J connectivity index is 2.86. The van der Waals surface area contributed by atoms with Crippen LogP contribution in [0.4, 0.5) is 0 Å². The first-order valence-electron chi connectivity index (χ1n) is 4.88. The second kappa shape index (κ2) is 3.95. The van der Waals surface area contributed by atoms with Crippen molar-refractivity contribution in [2.45, 2.75) is 32.6 Å². The lowest BCUT2D eigenvalue weighted by molar-refractivity contribution is -0.154. The van der Waals surface area contributed by atoms with Crippen LogP contribution in [-0.2, 0) is 9.53 Å². The van der Waals surface area contributed by atoms with Gasteiger partial charge in [-0.05, 0) is 18.8 Å². The fourth-order valence-electron chi connectivity index (χ4n) is 2.28. The normalized spacial score (nSPS) is 22.3. The first kappa shape index (κ1) is 10.3. The maximum atomic E-state index is 11.7. The van der Waals surface area contributed by atoms with Crippen LogP contribution >= 0.6 is 0 Å². The van der Waals surface area contributed by atoms with Gasteiger partial charge in [-0.2, -0.15) is 0 Å². The van der Waals surface area contributed by atoms with Gasteiger partial charge in [0.2, 0.25) is 0 Å². The molecule has 0 saturated heterocycles. The van der Waals surface area contributed by atoms with Crippen molar-refractivity contribution < 1.29 is 9.53 Å². The first-order chi connectivity index (χ1) is 6.17. The van der Waals surface area contributed by atoms with E-state index in [2.05, 4.69) is 13.5 Å². The van der Waals surface area contributed by atoms with E-state index in [1.54, 1.807) is 0 Å². The Morgan fingerprint density at radius 2 is 2.08 bits per heavy atom. The summed E-state index contributed by atoms with van der Waals surface area (Å²) in [5.74, 6) is 0.167. The van der Waals surface area contributed by atoms with Crippen molar-refractivity contribution in [3.8, 4) is 0 Å². The van der Waals surface area contributed by atoms with Gasteiger partial charge in [-0.25, -0.2) is 0 Å². The molecule has 0 heterocycles. The zero-order valence-corrected chi connectivity index (χ0v) is 8.51. The topological polar surface area (TPSA) is 26.3 Å². The molecule has 0 bridgehead atoms. The number of allylic oxidation sites excluding steroid dienone is 1. The molecule has 0 aromatic carbocycles. The summed E-state index contributed by atoms with van der Waals surface area (Å²) < 4.78 is 4.87. The van der Waals surface area contributed by atoms with Crippen LogP contribution in [0, 0.1) is 11.3 Å². The standard InChI is InChI=1S/C11H18O2/c1-4-9(2)11(10(12)13-3)7-5-6-8-11/h4,9H,1,5-8H2,2-3H3. The Hall–Kier alpha value is -0.790. The Labute approximate surface area is 80.0 Å². The highest BCUT2D eigenvalue weighted by atomic mass is 16.5. The number of carbonyl (C=O) groups is 1.